The summed E-state index contributed by atoms with van der Waals surface area (Å²) in [5, 5.41) is 14.4. The van der Waals surface area contributed by atoms with Gasteiger partial charge < -0.3 is 13.6 Å². The maximum atomic E-state index is 15.0. The standard InChI is InChI=1S/C37H60N2O5Si2/c1-18-36(13)27(43-45(14,15)33(5,6)7)22-25-30(44-46(16,17)34(8,9)10)37(36,23-38)24-20-19-21-26(28(24)29(40)35(25,11)12)39-31(41)42-32(2,3)4/h18-21,25,27,30H,1,22H2,2-17H3,(H,39,41)/t25-,27-,30+,36+,37-/m0/s1. The van der Waals surface area contributed by atoms with Gasteiger partial charge in [-0.05, 0) is 75.1 Å². The van der Waals surface area contributed by atoms with Crippen LogP contribution in [0.1, 0.15) is 105 Å². The topological polar surface area (TPSA) is 97.7 Å². The molecule has 2 bridgehead atoms. The molecule has 3 rings (SSSR count). The first-order valence-corrected chi connectivity index (χ1v) is 22.4. The Morgan fingerprint density at radius 3 is 1.96 bits per heavy atom. The summed E-state index contributed by atoms with van der Waals surface area (Å²) >= 11 is 0. The third kappa shape index (κ3) is 6.20. The number of nitrogens with zero attached hydrogens (tertiary/aromatic N) is 1. The molecule has 0 heterocycles. The fourth-order valence-corrected chi connectivity index (χ4v) is 9.35. The molecule has 1 amide bonds. The van der Waals surface area contributed by atoms with E-state index in [2.05, 4.69) is 92.6 Å². The van der Waals surface area contributed by atoms with Crippen molar-refractivity contribution in [3.63, 3.8) is 0 Å². The van der Waals surface area contributed by atoms with Crippen LogP contribution >= 0.6 is 0 Å². The van der Waals surface area contributed by atoms with Crippen molar-refractivity contribution in [3.05, 3.63) is 42.0 Å². The predicted molar refractivity (Wildman–Crippen MR) is 192 cm³/mol. The van der Waals surface area contributed by atoms with Crippen LogP contribution in [-0.4, -0.2) is 46.3 Å². The van der Waals surface area contributed by atoms with E-state index in [0.717, 1.165) is 0 Å². The normalized spacial score (nSPS) is 28.4. The molecular formula is C37H60N2O5Si2. The first-order valence-electron chi connectivity index (χ1n) is 16.6. The second kappa shape index (κ2) is 11.7. The molecule has 1 aromatic carbocycles. The summed E-state index contributed by atoms with van der Waals surface area (Å²) in [4.78, 5) is 28.1. The van der Waals surface area contributed by atoms with E-state index in [1.165, 1.54) is 0 Å². The number of nitrogens with one attached hydrogen (secondary N) is 1. The van der Waals surface area contributed by atoms with Crippen molar-refractivity contribution in [2.24, 2.45) is 16.7 Å². The smallest absolute Gasteiger partial charge is 0.412 e. The number of anilines is 1. The van der Waals surface area contributed by atoms with Gasteiger partial charge in [-0.2, -0.15) is 5.26 Å². The minimum absolute atomic E-state index is 0.0811. The number of rotatable bonds is 6. The molecule has 2 aliphatic rings. The Hall–Kier alpha value is -2.26. The zero-order chi connectivity index (χ0) is 35.7. The molecule has 0 unspecified atom stereocenters. The van der Waals surface area contributed by atoms with Crippen LogP contribution in [0.5, 0.6) is 0 Å². The average molecular weight is 669 g/mol. The Balaban J connectivity index is 2.51. The maximum absolute atomic E-state index is 15.0. The number of ketones is 1. The van der Waals surface area contributed by atoms with Crippen molar-refractivity contribution < 1.29 is 23.2 Å². The Labute approximate surface area is 281 Å². The van der Waals surface area contributed by atoms with Crippen LogP contribution in [0, 0.1) is 28.1 Å². The lowest BCUT2D eigenvalue weighted by Crippen LogP contribution is -2.68. The van der Waals surface area contributed by atoms with E-state index in [4.69, 9.17) is 13.6 Å². The minimum Gasteiger partial charge on any atom is -0.444 e. The first-order chi connectivity index (χ1) is 20.5. The summed E-state index contributed by atoms with van der Waals surface area (Å²) < 4.78 is 20.3. The molecule has 9 heteroatoms. The SMILES string of the molecule is C=C[C@]1(C)[C@@H](O[Si](C)(C)C(C)(C)C)C[C@H]2[C@@H](O[Si](C)(C)C(C)(C)C)[C@]1(C#N)c1cccc(NC(=O)OC(C)(C)C)c1C(=O)C2(C)C. The molecule has 7 nitrogen and oxygen atoms in total. The van der Waals surface area contributed by atoms with Crippen molar-refractivity contribution in [2.45, 2.75) is 149 Å². The molecular weight excluding hydrogens is 609 g/mol. The lowest BCUT2D eigenvalue weighted by molar-refractivity contribution is -0.114. The second-order valence-corrected chi connectivity index (χ2v) is 27.8. The molecule has 1 aromatic rings. The molecule has 0 spiro atoms. The number of hydrogen-bond donors (Lipinski definition) is 1. The number of fused-ring (bicyclic) bond motifs is 4. The molecule has 0 saturated heterocycles. The molecule has 5 atom stereocenters. The van der Waals surface area contributed by atoms with Gasteiger partial charge in [-0.15, -0.1) is 6.58 Å². The maximum Gasteiger partial charge on any atom is 0.412 e. The Bertz CT molecular complexity index is 1420. The summed E-state index contributed by atoms with van der Waals surface area (Å²) in [6.45, 7) is 37.8. The van der Waals surface area contributed by atoms with Crippen LogP contribution in [0.3, 0.4) is 0 Å². The molecule has 2 aliphatic carbocycles. The highest BCUT2D eigenvalue weighted by molar-refractivity contribution is 6.74. The van der Waals surface area contributed by atoms with Crippen LogP contribution in [0.2, 0.25) is 36.3 Å². The first kappa shape index (κ1) is 38.2. The molecule has 46 heavy (non-hydrogen) atoms. The van der Waals surface area contributed by atoms with E-state index in [1.807, 2.05) is 26.0 Å². The van der Waals surface area contributed by atoms with Gasteiger partial charge in [-0.1, -0.05) is 80.5 Å². The quantitative estimate of drug-likeness (QED) is 0.239. The summed E-state index contributed by atoms with van der Waals surface area (Å²) in [6, 6.07) is 8.20. The van der Waals surface area contributed by atoms with Crippen LogP contribution in [0.25, 0.3) is 0 Å². The van der Waals surface area contributed by atoms with Crippen LogP contribution in [0.15, 0.2) is 30.9 Å². The average Bonchev–Trinajstić information content (AvgIpc) is 2.91. The highest BCUT2D eigenvalue weighted by Crippen LogP contribution is 2.64. The fraction of sp³-hybridized carbons (Fsp3) is 0.703. The Morgan fingerprint density at radius 2 is 1.50 bits per heavy atom. The highest BCUT2D eigenvalue weighted by Gasteiger charge is 2.70. The number of benzene rings is 1. The summed E-state index contributed by atoms with van der Waals surface area (Å²) in [5.41, 5.74) is -2.84. The molecule has 1 saturated carbocycles. The Morgan fingerprint density at radius 1 is 0.978 bits per heavy atom. The number of hydrogen-bond acceptors (Lipinski definition) is 6. The van der Waals surface area contributed by atoms with Crippen molar-refractivity contribution in [1.82, 2.24) is 0 Å². The van der Waals surface area contributed by atoms with Crippen LogP contribution in [0.4, 0.5) is 10.5 Å². The largest absolute Gasteiger partial charge is 0.444 e. The second-order valence-electron chi connectivity index (χ2n) is 18.3. The number of carbonyl (C=O) groups excluding carboxylic acids is 2. The highest BCUT2D eigenvalue weighted by atomic mass is 28.4. The summed E-state index contributed by atoms with van der Waals surface area (Å²) in [5.74, 6) is -0.502. The predicted octanol–water partition coefficient (Wildman–Crippen LogP) is 10.0. The van der Waals surface area contributed by atoms with Gasteiger partial charge >= 0.3 is 6.09 Å². The Kier molecular flexibility index (Phi) is 9.73. The number of carbonyl (C=O) groups is 2. The van der Waals surface area contributed by atoms with Gasteiger partial charge in [-0.25, -0.2) is 4.79 Å². The number of Topliss-reactive ketones (excluding diaryl/α,β-unsaturated/α-hetero) is 1. The van der Waals surface area contributed by atoms with Crippen molar-refractivity contribution in [1.29, 1.82) is 5.26 Å². The van der Waals surface area contributed by atoms with E-state index < -0.39 is 56.8 Å². The van der Waals surface area contributed by atoms with Crippen molar-refractivity contribution in [3.8, 4) is 6.07 Å². The zero-order valence-electron chi connectivity index (χ0n) is 31.4. The fourth-order valence-electron chi connectivity index (χ4n) is 6.62. The van der Waals surface area contributed by atoms with Gasteiger partial charge in [0.15, 0.2) is 22.4 Å². The van der Waals surface area contributed by atoms with Gasteiger partial charge in [0.25, 0.3) is 0 Å². The summed E-state index contributed by atoms with van der Waals surface area (Å²) in [6.07, 6.45) is 0.684. The van der Waals surface area contributed by atoms with E-state index in [0.29, 0.717) is 23.2 Å². The van der Waals surface area contributed by atoms with Gasteiger partial charge in [0.1, 0.15) is 11.0 Å². The zero-order valence-corrected chi connectivity index (χ0v) is 33.4. The molecule has 1 fully saturated rings. The third-order valence-corrected chi connectivity index (χ3v) is 20.7. The third-order valence-electron chi connectivity index (χ3n) is 11.7. The van der Waals surface area contributed by atoms with Crippen LogP contribution in [-0.2, 0) is 19.0 Å². The van der Waals surface area contributed by atoms with Crippen molar-refractivity contribution >= 4 is 34.2 Å². The van der Waals surface area contributed by atoms with E-state index in [9.17, 15) is 10.1 Å². The minimum atomic E-state index is -2.51. The van der Waals surface area contributed by atoms with Gasteiger partial charge in [0, 0.05) is 22.3 Å². The molecule has 0 aromatic heterocycles. The van der Waals surface area contributed by atoms with Crippen molar-refractivity contribution in [2.75, 3.05) is 5.32 Å². The van der Waals surface area contributed by atoms with Crippen LogP contribution < -0.4 is 5.32 Å². The van der Waals surface area contributed by atoms with Gasteiger partial charge in [-0.3, -0.25) is 10.1 Å². The lowest BCUT2D eigenvalue weighted by Gasteiger charge is -2.61. The van der Waals surface area contributed by atoms with E-state index in [-0.39, 0.29) is 21.8 Å². The number of ether oxygens (including phenoxy) is 1. The monoisotopic (exact) mass is 668 g/mol. The number of nitriles is 1. The number of amides is 1. The molecule has 0 aliphatic heterocycles. The van der Waals surface area contributed by atoms with Gasteiger partial charge in [0.05, 0.1) is 24.0 Å². The van der Waals surface area contributed by atoms with E-state index >= 15 is 4.79 Å². The lowest BCUT2D eigenvalue weighted by atomic mass is 9.48. The molecule has 1 N–H and O–H groups in total. The molecule has 0 radical (unpaired) electrons. The molecule has 256 valence electrons. The van der Waals surface area contributed by atoms with Gasteiger partial charge in [0.2, 0.25) is 0 Å². The van der Waals surface area contributed by atoms with E-state index in [1.54, 1.807) is 32.9 Å². The summed E-state index contributed by atoms with van der Waals surface area (Å²) in [7, 11) is -4.87.